The van der Waals surface area contributed by atoms with Crippen LogP contribution >= 0.6 is 11.6 Å². The van der Waals surface area contributed by atoms with Gasteiger partial charge in [0, 0.05) is 6.08 Å². The van der Waals surface area contributed by atoms with E-state index in [0.29, 0.717) is 27.7 Å². The smallest absolute Gasteiger partial charge is 0.336 e. The Balaban J connectivity index is 1.52. The number of esters is 1. The maximum absolute atomic E-state index is 12.0. The molecule has 0 radical (unpaired) electrons. The SMILES string of the molecule is O=C(/C=C/c1ccco1)Oc1ccc(/C=N\NC(=O)c2ccccc2Cl)cc1. The van der Waals surface area contributed by atoms with Crippen LogP contribution in [-0.2, 0) is 4.79 Å². The number of rotatable bonds is 6. The monoisotopic (exact) mass is 394 g/mol. The average molecular weight is 395 g/mol. The number of ether oxygens (including phenoxy) is 1. The molecule has 1 aromatic heterocycles. The molecule has 1 N–H and O–H groups in total. The number of hydrogen-bond donors (Lipinski definition) is 1. The molecule has 1 amide bonds. The topological polar surface area (TPSA) is 80.9 Å². The van der Waals surface area contributed by atoms with Gasteiger partial charge in [-0.25, -0.2) is 10.2 Å². The Morgan fingerprint density at radius 1 is 1.04 bits per heavy atom. The van der Waals surface area contributed by atoms with Crippen LogP contribution in [-0.4, -0.2) is 18.1 Å². The van der Waals surface area contributed by atoms with Crippen molar-refractivity contribution in [3.05, 3.63) is 94.9 Å². The Kier molecular flexibility index (Phi) is 6.38. The highest BCUT2D eigenvalue weighted by atomic mass is 35.5. The van der Waals surface area contributed by atoms with Crippen LogP contribution in [0.25, 0.3) is 6.08 Å². The van der Waals surface area contributed by atoms with Crippen LogP contribution in [0.2, 0.25) is 5.02 Å². The Labute approximate surface area is 166 Å². The van der Waals surface area contributed by atoms with Gasteiger partial charge >= 0.3 is 5.97 Å². The lowest BCUT2D eigenvalue weighted by atomic mass is 10.2. The van der Waals surface area contributed by atoms with E-state index in [1.54, 1.807) is 60.7 Å². The van der Waals surface area contributed by atoms with Crippen LogP contribution < -0.4 is 10.2 Å². The molecule has 0 fully saturated rings. The van der Waals surface area contributed by atoms with Gasteiger partial charge in [-0.1, -0.05) is 23.7 Å². The number of hydrazone groups is 1. The van der Waals surface area contributed by atoms with Crippen LogP contribution in [0.5, 0.6) is 5.75 Å². The lowest BCUT2D eigenvalue weighted by Gasteiger charge is -2.02. The number of carbonyl (C=O) groups is 2. The molecule has 0 saturated carbocycles. The number of carbonyl (C=O) groups excluding carboxylic acids is 2. The zero-order valence-electron chi connectivity index (χ0n) is 14.5. The van der Waals surface area contributed by atoms with Gasteiger partial charge in [0.05, 0.1) is 23.1 Å². The van der Waals surface area contributed by atoms with Gasteiger partial charge in [-0.2, -0.15) is 5.10 Å². The standard InChI is InChI=1S/C21H15ClN2O4/c22-19-6-2-1-5-18(19)21(26)24-23-14-15-7-9-17(10-8-15)28-20(25)12-11-16-4-3-13-27-16/h1-14H,(H,24,26)/b12-11+,23-14-. The molecule has 0 bridgehead atoms. The molecule has 0 aliphatic carbocycles. The second-order valence-electron chi connectivity index (χ2n) is 5.52. The van der Waals surface area contributed by atoms with Gasteiger partial charge in [0.1, 0.15) is 11.5 Å². The maximum Gasteiger partial charge on any atom is 0.336 e. The first-order valence-corrected chi connectivity index (χ1v) is 8.61. The van der Waals surface area contributed by atoms with Gasteiger partial charge in [0.2, 0.25) is 0 Å². The zero-order valence-corrected chi connectivity index (χ0v) is 15.3. The fourth-order valence-electron chi connectivity index (χ4n) is 2.18. The summed E-state index contributed by atoms with van der Waals surface area (Å²) in [6.07, 6.45) is 5.78. The van der Waals surface area contributed by atoms with Crippen LogP contribution in [0.15, 0.2) is 82.5 Å². The number of nitrogens with zero attached hydrogens (tertiary/aromatic N) is 1. The van der Waals surface area contributed by atoms with Gasteiger partial charge in [-0.15, -0.1) is 0 Å². The third-order valence-corrected chi connectivity index (χ3v) is 3.85. The number of hydrogen-bond acceptors (Lipinski definition) is 5. The molecule has 0 saturated heterocycles. The largest absolute Gasteiger partial charge is 0.465 e. The zero-order chi connectivity index (χ0) is 19.8. The molecule has 3 rings (SSSR count). The minimum Gasteiger partial charge on any atom is -0.465 e. The Morgan fingerprint density at radius 2 is 1.82 bits per heavy atom. The Hall–Kier alpha value is -3.64. The van der Waals surface area contributed by atoms with E-state index in [2.05, 4.69) is 10.5 Å². The average Bonchev–Trinajstić information content (AvgIpc) is 3.22. The van der Waals surface area contributed by atoms with Crippen molar-refractivity contribution >= 4 is 35.8 Å². The molecule has 0 atom stereocenters. The Morgan fingerprint density at radius 3 is 2.54 bits per heavy atom. The van der Waals surface area contributed by atoms with Crippen LogP contribution in [0.3, 0.4) is 0 Å². The van der Waals surface area contributed by atoms with E-state index >= 15 is 0 Å². The highest BCUT2D eigenvalue weighted by molar-refractivity contribution is 6.33. The summed E-state index contributed by atoms with van der Waals surface area (Å²) in [5.41, 5.74) is 3.46. The van der Waals surface area contributed by atoms with E-state index in [1.165, 1.54) is 24.6 Å². The molecule has 3 aromatic rings. The van der Waals surface area contributed by atoms with Crippen molar-refractivity contribution in [1.82, 2.24) is 5.43 Å². The normalized spacial score (nSPS) is 11.0. The number of nitrogens with one attached hydrogen (secondary N) is 1. The van der Waals surface area contributed by atoms with Gasteiger partial charge < -0.3 is 9.15 Å². The molecule has 28 heavy (non-hydrogen) atoms. The highest BCUT2D eigenvalue weighted by Crippen LogP contribution is 2.15. The third kappa shape index (κ3) is 5.43. The molecule has 0 unspecified atom stereocenters. The van der Waals surface area contributed by atoms with E-state index in [4.69, 9.17) is 20.8 Å². The quantitative estimate of drug-likeness (QED) is 0.222. The first-order valence-electron chi connectivity index (χ1n) is 8.23. The molecule has 2 aromatic carbocycles. The van der Waals surface area contributed by atoms with Crippen molar-refractivity contribution in [2.75, 3.05) is 0 Å². The maximum atomic E-state index is 12.0. The predicted molar refractivity (Wildman–Crippen MR) is 106 cm³/mol. The summed E-state index contributed by atoms with van der Waals surface area (Å²) in [5.74, 6) is 0.00857. The minimum absolute atomic E-state index is 0.339. The lowest BCUT2D eigenvalue weighted by Crippen LogP contribution is -2.17. The van der Waals surface area contributed by atoms with Gasteiger partial charge in [0.15, 0.2) is 0 Å². The molecule has 0 aliphatic heterocycles. The molecular weight excluding hydrogens is 380 g/mol. The van der Waals surface area contributed by atoms with E-state index in [-0.39, 0.29) is 0 Å². The number of benzene rings is 2. The molecule has 0 aliphatic rings. The summed E-state index contributed by atoms with van der Waals surface area (Å²) in [6, 6.07) is 16.8. The van der Waals surface area contributed by atoms with E-state index in [0.717, 1.165) is 0 Å². The van der Waals surface area contributed by atoms with Gasteiger partial charge in [0.25, 0.3) is 5.91 Å². The van der Waals surface area contributed by atoms with Crippen molar-refractivity contribution < 1.29 is 18.7 Å². The van der Waals surface area contributed by atoms with E-state index < -0.39 is 11.9 Å². The number of furan rings is 1. The summed E-state index contributed by atoms with van der Waals surface area (Å²) in [7, 11) is 0. The number of halogens is 1. The predicted octanol–water partition coefficient (Wildman–Crippen LogP) is 4.32. The molecular formula is C21H15ClN2O4. The molecule has 140 valence electrons. The summed E-state index contributed by atoms with van der Waals surface area (Å²) >= 11 is 5.96. The minimum atomic E-state index is -0.523. The molecule has 7 heteroatoms. The van der Waals surface area contributed by atoms with Crippen LogP contribution in [0.4, 0.5) is 0 Å². The van der Waals surface area contributed by atoms with E-state index in [1.807, 2.05) is 0 Å². The third-order valence-electron chi connectivity index (χ3n) is 3.52. The molecule has 0 spiro atoms. The fourth-order valence-corrected chi connectivity index (χ4v) is 2.40. The highest BCUT2D eigenvalue weighted by Gasteiger charge is 2.07. The van der Waals surface area contributed by atoms with Crippen molar-refractivity contribution in [2.45, 2.75) is 0 Å². The van der Waals surface area contributed by atoms with Crippen molar-refractivity contribution in [3.63, 3.8) is 0 Å². The van der Waals surface area contributed by atoms with Crippen molar-refractivity contribution in [1.29, 1.82) is 0 Å². The van der Waals surface area contributed by atoms with Crippen LogP contribution in [0.1, 0.15) is 21.7 Å². The van der Waals surface area contributed by atoms with Gasteiger partial charge in [-0.3, -0.25) is 4.79 Å². The van der Waals surface area contributed by atoms with Crippen molar-refractivity contribution in [3.8, 4) is 5.75 Å². The first-order chi connectivity index (χ1) is 13.6. The lowest BCUT2D eigenvalue weighted by molar-refractivity contribution is -0.128. The summed E-state index contributed by atoms with van der Waals surface area (Å²) in [5, 5.41) is 4.24. The Bertz CT molecular complexity index is 1010. The van der Waals surface area contributed by atoms with Crippen molar-refractivity contribution in [2.24, 2.45) is 5.10 Å². The van der Waals surface area contributed by atoms with E-state index in [9.17, 15) is 9.59 Å². The summed E-state index contributed by atoms with van der Waals surface area (Å²) in [6.45, 7) is 0. The molecule has 6 nitrogen and oxygen atoms in total. The summed E-state index contributed by atoms with van der Waals surface area (Å²) < 4.78 is 10.3. The first kappa shape index (κ1) is 19.1. The molecule has 1 heterocycles. The second-order valence-corrected chi connectivity index (χ2v) is 5.93. The fraction of sp³-hybridized carbons (Fsp3) is 0. The second kappa shape index (κ2) is 9.34. The number of amides is 1. The van der Waals surface area contributed by atoms with Crippen LogP contribution in [0, 0.1) is 0 Å². The summed E-state index contributed by atoms with van der Waals surface area (Å²) in [4.78, 5) is 23.8. The van der Waals surface area contributed by atoms with Gasteiger partial charge in [-0.05, 0) is 60.2 Å².